The smallest absolute Gasteiger partial charge is 0.409 e. The number of likely N-dealkylation sites (tertiary alicyclic amines) is 1. The first-order valence-corrected chi connectivity index (χ1v) is 14.8. The van der Waals surface area contributed by atoms with E-state index >= 15 is 0 Å². The van der Waals surface area contributed by atoms with Crippen LogP contribution in [0.15, 0.2) is 18.5 Å². The van der Waals surface area contributed by atoms with Gasteiger partial charge in [0.25, 0.3) is 0 Å². The highest BCUT2D eigenvalue weighted by Gasteiger charge is 2.28. The first-order valence-electron chi connectivity index (χ1n) is 11.1. The maximum Gasteiger partial charge on any atom is 0.409 e. The van der Waals surface area contributed by atoms with E-state index in [9.17, 15) is 9.59 Å². The van der Waals surface area contributed by atoms with Gasteiger partial charge in [-0.1, -0.05) is 19.6 Å². The molecule has 0 spiro atoms. The van der Waals surface area contributed by atoms with Crippen LogP contribution >= 0.6 is 0 Å². The molecule has 0 radical (unpaired) electrons. The van der Waals surface area contributed by atoms with Gasteiger partial charge in [-0.3, -0.25) is 5.32 Å². The number of carbonyl (C=O) groups is 2. The van der Waals surface area contributed by atoms with E-state index in [1.54, 1.807) is 4.90 Å². The number of hydrogen-bond donors (Lipinski definition) is 2. The van der Waals surface area contributed by atoms with E-state index in [4.69, 9.17) is 9.47 Å². The fraction of sp³-hybridized carbons (Fsp3) is 0.619. The van der Waals surface area contributed by atoms with Crippen molar-refractivity contribution in [3.05, 3.63) is 18.5 Å². The van der Waals surface area contributed by atoms with E-state index in [1.165, 1.54) is 13.3 Å². The topological polar surface area (TPSA) is 111 Å². The van der Waals surface area contributed by atoms with Gasteiger partial charge in [-0.15, -0.1) is 0 Å². The minimum atomic E-state index is -1.12. The molecule has 32 heavy (non-hydrogen) atoms. The van der Waals surface area contributed by atoms with Crippen LogP contribution in [0, 0.1) is 0 Å². The van der Waals surface area contributed by atoms with Crippen LogP contribution in [0.5, 0.6) is 0 Å². The largest absolute Gasteiger partial charge is 0.453 e. The van der Waals surface area contributed by atoms with Crippen LogP contribution < -0.4 is 10.6 Å². The first kappa shape index (κ1) is 24.0. The molecule has 3 amide bonds. The quantitative estimate of drug-likeness (QED) is 0.436. The van der Waals surface area contributed by atoms with Crippen molar-refractivity contribution in [3.8, 4) is 0 Å². The van der Waals surface area contributed by atoms with Gasteiger partial charge in [0.15, 0.2) is 11.5 Å². The van der Waals surface area contributed by atoms with Gasteiger partial charge >= 0.3 is 12.1 Å². The summed E-state index contributed by atoms with van der Waals surface area (Å²) in [6.07, 6.45) is 5.65. The molecular formula is C21H34N6O4Si. The monoisotopic (exact) mass is 462 g/mol. The fourth-order valence-electron chi connectivity index (χ4n) is 3.67. The van der Waals surface area contributed by atoms with E-state index < -0.39 is 8.07 Å². The maximum absolute atomic E-state index is 12.2. The molecule has 1 unspecified atom stereocenters. The van der Waals surface area contributed by atoms with Gasteiger partial charge in [-0.05, 0) is 31.4 Å². The molecule has 0 aromatic carbocycles. The summed E-state index contributed by atoms with van der Waals surface area (Å²) in [7, 11) is 0.270. The molecule has 1 atom stereocenters. The predicted molar refractivity (Wildman–Crippen MR) is 125 cm³/mol. The Labute approximate surface area is 189 Å². The zero-order valence-electron chi connectivity index (χ0n) is 19.4. The lowest BCUT2D eigenvalue weighted by molar-refractivity contribution is 0.0899. The Balaban J connectivity index is 1.45. The molecule has 3 rings (SSSR count). The number of fused-ring (bicyclic) bond motifs is 1. The van der Waals surface area contributed by atoms with Crippen LogP contribution in [0.25, 0.3) is 11.2 Å². The molecule has 0 bridgehead atoms. The number of hydrogen-bond acceptors (Lipinski definition) is 6. The average Bonchev–Trinajstić information content (AvgIpc) is 3.36. The van der Waals surface area contributed by atoms with Crippen LogP contribution in [0.4, 0.5) is 15.4 Å². The number of ether oxygens (including phenoxy) is 2. The van der Waals surface area contributed by atoms with E-state index in [0.717, 1.165) is 25.5 Å². The number of nitrogens with zero attached hydrogens (tertiary/aromatic N) is 4. The first-order chi connectivity index (χ1) is 15.3. The highest BCUT2D eigenvalue weighted by Crippen LogP contribution is 2.20. The summed E-state index contributed by atoms with van der Waals surface area (Å²) in [6.45, 7) is 9.28. The molecule has 1 fully saturated rings. The SMILES string of the molecule is COC(=O)N1CCCC1CCNC(=O)Nc1cnc2c(ccn2COCC[Si](C)(C)C)n1. The number of nitrogens with one attached hydrogen (secondary N) is 2. The average molecular weight is 463 g/mol. The van der Waals surface area contributed by atoms with Crippen molar-refractivity contribution in [2.45, 2.75) is 57.7 Å². The highest BCUT2D eigenvalue weighted by molar-refractivity contribution is 6.76. The molecule has 1 aliphatic rings. The van der Waals surface area contributed by atoms with E-state index in [2.05, 4.69) is 40.2 Å². The van der Waals surface area contributed by atoms with Gasteiger partial charge < -0.3 is 24.3 Å². The number of urea groups is 1. The van der Waals surface area contributed by atoms with Gasteiger partial charge in [0.2, 0.25) is 0 Å². The van der Waals surface area contributed by atoms with Crippen LogP contribution in [0.2, 0.25) is 25.7 Å². The molecular weight excluding hydrogens is 428 g/mol. The van der Waals surface area contributed by atoms with Gasteiger partial charge in [-0.2, -0.15) is 0 Å². The molecule has 2 N–H and O–H groups in total. The number of anilines is 1. The van der Waals surface area contributed by atoms with Crippen LogP contribution in [-0.4, -0.2) is 72.5 Å². The Hall–Kier alpha value is -2.66. The van der Waals surface area contributed by atoms with Crippen molar-refractivity contribution in [1.29, 1.82) is 0 Å². The standard InChI is InChI=1S/C21H34N6O4Si/c1-30-21(29)27-10-5-6-16(27)7-9-22-20(28)25-18-14-23-19-17(24-18)8-11-26(19)15-31-12-13-32(2,3)4/h8,11,14,16H,5-7,9-10,12-13,15H2,1-4H3,(H2,22,24,25,28). The summed E-state index contributed by atoms with van der Waals surface area (Å²) in [6, 6.07) is 2.71. The summed E-state index contributed by atoms with van der Waals surface area (Å²) in [5.41, 5.74) is 1.41. The van der Waals surface area contributed by atoms with Crippen molar-refractivity contribution in [2.75, 3.05) is 32.1 Å². The van der Waals surface area contributed by atoms with Crippen molar-refractivity contribution >= 4 is 37.2 Å². The second kappa shape index (κ2) is 10.8. The number of aromatic nitrogens is 3. The summed E-state index contributed by atoms with van der Waals surface area (Å²) in [5.74, 6) is 0.379. The van der Waals surface area contributed by atoms with Crippen LogP contribution in [0.3, 0.4) is 0 Å². The lowest BCUT2D eigenvalue weighted by Crippen LogP contribution is -2.38. The predicted octanol–water partition coefficient (Wildman–Crippen LogP) is 3.49. The molecule has 2 aromatic heterocycles. The third-order valence-electron chi connectivity index (χ3n) is 5.48. The van der Waals surface area contributed by atoms with E-state index in [1.807, 2.05) is 16.8 Å². The summed E-state index contributed by atoms with van der Waals surface area (Å²) in [4.78, 5) is 34.6. The van der Waals surface area contributed by atoms with Gasteiger partial charge in [0.05, 0.1) is 13.3 Å². The number of rotatable bonds is 9. The summed E-state index contributed by atoms with van der Waals surface area (Å²) >= 11 is 0. The van der Waals surface area contributed by atoms with Crippen LogP contribution in [0.1, 0.15) is 19.3 Å². The molecule has 2 aromatic rings. The molecule has 11 heteroatoms. The number of amides is 3. The lowest BCUT2D eigenvalue weighted by atomic mass is 10.1. The Morgan fingerprint density at radius 3 is 2.88 bits per heavy atom. The Bertz CT molecular complexity index is 929. The third-order valence-corrected chi connectivity index (χ3v) is 7.19. The van der Waals surface area contributed by atoms with Crippen molar-refractivity contribution < 1.29 is 19.1 Å². The van der Waals surface area contributed by atoms with Gasteiger partial charge in [0.1, 0.15) is 12.2 Å². The zero-order valence-corrected chi connectivity index (χ0v) is 20.4. The molecule has 0 saturated carbocycles. The Kier molecular flexibility index (Phi) is 8.08. The second-order valence-electron chi connectivity index (χ2n) is 9.23. The summed E-state index contributed by atoms with van der Waals surface area (Å²) in [5, 5.41) is 5.53. The van der Waals surface area contributed by atoms with E-state index in [0.29, 0.717) is 43.2 Å². The molecule has 0 aliphatic carbocycles. The number of carbonyl (C=O) groups excluding carboxylic acids is 2. The number of methoxy groups -OCH3 is 1. The van der Waals surface area contributed by atoms with Crippen molar-refractivity contribution in [3.63, 3.8) is 0 Å². The third kappa shape index (κ3) is 6.67. The minimum absolute atomic E-state index is 0.0895. The molecule has 1 saturated heterocycles. The Morgan fingerprint density at radius 2 is 2.12 bits per heavy atom. The molecule has 1 aliphatic heterocycles. The summed E-state index contributed by atoms with van der Waals surface area (Å²) < 4.78 is 12.5. The highest BCUT2D eigenvalue weighted by atomic mass is 28.3. The van der Waals surface area contributed by atoms with Gasteiger partial charge in [-0.25, -0.2) is 19.6 Å². The molecule has 3 heterocycles. The molecule has 10 nitrogen and oxygen atoms in total. The fourth-order valence-corrected chi connectivity index (χ4v) is 4.43. The molecule has 176 valence electrons. The van der Waals surface area contributed by atoms with E-state index in [-0.39, 0.29) is 18.2 Å². The minimum Gasteiger partial charge on any atom is -0.453 e. The normalized spacial score (nSPS) is 16.4. The second-order valence-corrected chi connectivity index (χ2v) is 14.8. The maximum atomic E-state index is 12.2. The van der Waals surface area contributed by atoms with Gasteiger partial charge in [0, 0.05) is 40.0 Å². The Morgan fingerprint density at radius 1 is 1.31 bits per heavy atom. The van der Waals surface area contributed by atoms with Crippen molar-refractivity contribution in [2.24, 2.45) is 0 Å². The van der Waals surface area contributed by atoms with Crippen LogP contribution in [-0.2, 0) is 16.2 Å². The zero-order chi connectivity index (χ0) is 23.1. The van der Waals surface area contributed by atoms with Crippen molar-refractivity contribution in [1.82, 2.24) is 24.8 Å². The lowest BCUT2D eigenvalue weighted by Gasteiger charge is -2.23.